The predicted octanol–water partition coefficient (Wildman–Crippen LogP) is 4.29. The van der Waals surface area contributed by atoms with E-state index in [0.717, 1.165) is 16.7 Å². The van der Waals surface area contributed by atoms with Crippen molar-refractivity contribution in [3.8, 4) is 5.75 Å². The molecule has 0 aliphatic rings. The van der Waals surface area contributed by atoms with Crippen molar-refractivity contribution in [3.63, 3.8) is 0 Å². The molecule has 0 bridgehead atoms. The van der Waals surface area contributed by atoms with Gasteiger partial charge in [-0.25, -0.2) is 4.39 Å². The lowest BCUT2D eigenvalue weighted by atomic mass is 10.0. The molecular formula is C27H29FN2O3. The zero-order valence-electron chi connectivity index (χ0n) is 19.0. The lowest BCUT2D eigenvalue weighted by Gasteiger charge is -2.31. The topological polar surface area (TPSA) is 58.6 Å². The molecule has 0 saturated heterocycles. The molecule has 0 fully saturated rings. The second kappa shape index (κ2) is 11.8. The van der Waals surface area contributed by atoms with Crippen LogP contribution in [-0.4, -0.2) is 35.9 Å². The van der Waals surface area contributed by atoms with Gasteiger partial charge in [-0.2, -0.15) is 0 Å². The van der Waals surface area contributed by atoms with Crippen molar-refractivity contribution >= 4 is 11.8 Å². The number of carbonyl (C=O) groups excluding carboxylic acids is 2. The molecule has 3 aromatic carbocycles. The fraction of sp³-hybridized carbons (Fsp3) is 0.259. The molecule has 0 unspecified atom stereocenters. The summed E-state index contributed by atoms with van der Waals surface area (Å²) < 4.78 is 19.5. The fourth-order valence-electron chi connectivity index (χ4n) is 3.64. The summed E-state index contributed by atoms with van der Waals surface area (Å²) in [6.45, 7) is 4.11. The Kier molecular flexibility index (Phi) is 8.58. The number of aryl methyl sites for hydroxylation is 1. The summed E-state index contributed by atoms with van der Waals surface area (Å²) >= 11 is 0. The van der Waals surface area contributed by atoms with E-state index in [4.69, 9.17) is 4.74 Å². The predicted molar refractivity (Wildman–Crippen MR) is 126 cm³/mol. The molecule has 3 aromatic rings. The molecule has 1 N–H and O–H groups in total. The van der Waals surface area contributed by atoms with E-state index in [1.54, 1.807) is 12.1 Å². The standard InChI is InChI=1S/C27H29FN2O3/c1-3-29-27(32)24(17-21-11-5-4-6-12-21)30(18-22-13-9-10-20(2)16-22)26(31)19-33-25-15-8-7-14-23(25)28/h4-16,24H,3,17-19H2,1-2H3,(H,29,32)/t24-/m0/s1. The SMILES string of the molecule is CCNC(=O)[C@H](Cc1ccccc1)N(Cc1cccc(C)c1)C(=O)COc1ccccc1F. The average Bonchev–Trinajstić information content (AvgIpc) is 2.81. The van der Waals surface area contributed by atoms with Gasteiger partial charge in [0.15, 0.2) is 18.2 Å². The first-order valence-electron chi connectivity index (χ1n) is 11.0. The quantitative estimate of drug-likeness (QED) is 0.503. The van der Waals surface area contributed by atoms with Crippen LogP contribution < -0.4 is 10.1 Å². The van der Waals surface area contributed by atoms with Crippen molar-refractivity contribution in [2.24, 2.45) is 0 Å². The van der Waals surface area contributed by atoms with Crippen LogP contribution in [0, 0.1) is 12.7 Å². The number of carbonyl (C=O) groups is 2. The molecule has 5 nitrogen and oxygen atoms in total. The Hall–Kier alpha value is -3.67. The van der Waals surface area contributed by atoms with Gasteiger partial charge in [0.25, 0.3) is 5.91 Å². The highest BCUT2D eigenvalue weighted by molar-refractivity contribution is 5.88. The molecule has 0 radical (unpaired) electrons. The number of halogens is 1. The number of hydrogen-bond acceptors (Lipinski definition) is 3. The highest BCUT2D eigenvalue weighted by Crippen LogP contribution is 2.18. The monoisotopic (exact) mass is 448 g/mol. The molecule has 0 heterocycles. The molecule has 0 spiro atoms. The molecule has 1 atom stereocenters. The summed E-state index contributed by atoms with van der Waals surface area (Å²) in [6.07, 6.45) is 0.351. The van der Waals surface area contributed by atoms with E-state index in [1.165, 1.54) is 17.0 Å². The largest absolute Gasteiger partial charge is 0.481 e. The molecule has 6 heteroatoms. The molecule has 3 rings (SSSR count). The lowest BCUT2D eigenvalue weighted by molar-refractivity contribution is -0.142. The number of likely N-dealkylation sites (N-methyl/N-ethyl adjacent to an activating group) is 1. The van der Waals surface area contributed by atoms with Crippen LogP contribution in [0.5, 0.6) is 5.75 Å². The van der Waals surface area contributed by atoms with Crippen molar-refractivity contribution in [1.82, 2.24) is 10.2 Å². The minimum absolute atomic E-state index is 0.000949. The van der Waals surface area contributed by atoms with E-state index < -0.39 is 17.8 Å². The summed E-state index contributed by atoms with van der Waals surface area (Å²) in [6, 6.07) is 22.6. The Morgan fingerprint density at radius 2 is 1.67 bits per heavy atom. The number of ether oxygens (including phenoxy) is 1. The van der Waals surface area contributed by atoms with Gasteiger partial charge in [0.1, 0.15) is 6.04 Å². The van der Waals surface area contributed by atoms with E-state index in [0.29, 0.717) is 13.0 Å². The van der Waals surface area contributed by atoms with Crippen LogP contribution in [0.25, 0.3) is 0 Å². The van der Waals surface area contributed by atoms with Gasteiger partial charge in [-0.15, -0.1) is 0 Å². The number of rotatable bonds is 10. The lowest BCUT2D eigenvalue weighted by Crippen LogP contribution is -2.51. The Labute approximate surface area is 194 Å². The van der Waals surface area contributed by atoms with Crippen molar-refractivity contribution < 1.29 is 18.7 Å². The molecule has 33 heavy (non-hydrogen) atoms. The van der Waals surface area contributed by atoms with Crippen molar-refractivity contribution in [1.29, 1.82) is 0 Å². The highest BCUT2D eigenvalue weighted by Gasteiger charge is 2.30. The minimum atomic E-state index is -0.746. The van der Waals surface area contributed by atoms with Crippen LogP contribution in [-0.2, 0) is 22.6 Å². The number of nitrogens with zero attached hydrogens (tertiary/aromatic N) is 1. The Balaban J connectivity index is 1.90. The van der Waals surface area contributed by atoms with E-state index in [9.17, 15) is 14.0 Å². The first-order chi connectivity index (χ1) is 16.0. The van der Waals surface area contributed by atoms with Crippen LogP contribution in [0.4, 0.5) is 4.39 Å². The zero-order chi connectivity index (χ0) is 23.6. The summed E-state index contributed by atoms with van der Waals surface area (Å²) in [4.78, 5) is 28.0. The summed E-state index contributed by atoms with van der Waals surface area (Å²) in [5.41, 5.74) is 2.89. The van der Waals surface area contributed by atoms with Crippen molar-refractivity contribution in [2.45, 2.75) is 32.9 Å². The Morgan fingerprint density at radius 3 is 2.36 bits per heavy atom. The van der Waals surface area contributed by atoms with E-state index in [-0.39, 0.29) is 24.8 Å². The van der Waals surface area contributed by atoms with Crippen LogP contribution in [0.1, 0.15) is 23.6 Å². The van der Waals surface area contributed by atoms with Gasteiger partial charge in [-0.3, -0.25) is 9.59 Å². The van der Waals surface area contributed by atoms with Crippen LogP contribution >= 0.6 is 0 Å². The van der Waals surface area contributed by atoms with Gasteiger partial charge >= 0.3 is 0 Å². The Bertz CT molecular complexity index is 1070. The van der Waals surface area contributed by atoms with Gasteiger partial charge in [-0.1, -0.05) is 72.3 Å². The average molecular weight is 449 g/mol. The molecular weight excluding hydrogens is 419 g/mol. The van der Waals surface area contributed by atoms with Crippen LogP contribution in [0.2, 0.25) is 0 Å². The number of hydrogen-bond donors (Lipinski definition) is 1. The zero-order valence-corrected chi connectivity index (χ0v) is 19.0. The first-order valence-corrected chi connectivity index (χ1v) is 11.0. The summed E-state index contributed by atoms with van der Waals surface area (Å²) in [7, 11) is 0. The second-order valence-corrected chi connectivity index (χ2v) is 7.83. The second-order valence-electron chi connectivity index (χ2n) is 7.83. The number of nitrogens with one attached hydrogen (secondary N) is 1. The van der Waals surface area contributed by atoms with Crippen molar-refractivity contribution in [3.05, 3.63) is 101 Å². The highest BCUT2D eigenvalue weighted by atomic mass is 19.1. The molecule has 0 saturated carbocycles. The third-order valence-corrected chi connectivity index (χ3v) is 5.25. The summed E-state index contributed by atoms with van der Waals surface area (Å²) in [5.74, 6) is -1.18. The minimum Gasteiger partial charge on any atom is -0.481 e. The fourth-order valence-corrected chi connectivity index (χ4v) is 3.64. The molecule has 172 valence electrons. The first kappa shape index (κ1) is 24.0. The molecule has 0 aromatic heterocycles. The number of amides is 2. The van der Waals surface area contributed by atoms with Crippen LogP contribution in [0.15, 0.2) is 78.9 Å². The van der Waals surface area contributed by atoms with Gasteiger partial charge in [0.2, 0.25) is 5.91 Å². The maximum Gasteiger partial charge on any atom is 0.261 e. The van der Waals surface area contributed by atoms with E-state index in [1.807, 2.05) is 68.4 Å². The molecule has 2 amide bonds. The summed E-state index contributed by atoms with van der Waals surface area (Å²) in [5, 5.41) is 2.85. The molecule has 0 aliphatic carbocycles. The number of para-hydroxylation sites is 1. The maximum absolute atomic E-state index is 14.0. The van der Waals surface area contributed by atoms with E-state index >= 15 is 0 Å². The normalized spacial score (nSPS) is 11.5. The smallest absolute Gasteiger partial charge is 0.261 e. The maximum atomic E-state index is 14.0. The third kappa shape index (κ3) is 6.91. The number of benzene rings is 3. The van der Waals surface area contributed by atoms with Crippen molar-refractivity contribution in [2.75, 3.05) is 13.2 Å². The van der Waals surface area contributed by atoms with E-state index in [2.05, 4.69) is 5.32 Å². The van der Waals surface area contributed by atoms with Gasteiger partial charge in [0.05, 0.1) is 0 Å². The van der Waals surface area contributed by atoms with Gasteiger partial charge in [-0.05, 0) is 37.1 Å². The van der Waals surface area contributed by atoms with Gasteiger partial charge in [0, 0.05) is 19.5 Å². The third-order valence-electron chi connectivity index (χ3n) is 5.25. The molecule has 0 aliphatic heterocycles. The Morgan fingerprint density at radius 1 is 0.970 bits per heavy atom. The van der Waals surface area contributed by atoms with Gasteiger partial charge < -0.3 is 15.0 Å². The van der Waals surface area contributed by atoms with Crippen LogP contribution in [0.3, 0.4) is 0 Å².